The van der Waals surface area contributed by atoms with Gasteiger partial charge < -0.3 is 19.9 Å². The monoisotopic (exact) mass is 323 g/mol. The molecule has 0 saturated heterocycles. The quantitative estimate of drug-likeness (QED) is 0.769. The number of aromatic nitrogens is 2. The third-order valence-electron chi connectivity index (χ3n) is 3.42. The minimum absolute atomic E-state index is 0.127. The Morgan fingerprint density at radius 2 is 2.04 bits per heavy atom. The van der Waals surface area contributed by atoms with Gasteiger partial charge in [-0.15, -0.1) is 0 Å². The Kier molecular flexibility index (Phi) is 5.95. The van der Waals surface area contributed by atoms with Gasteiger partial charge in [-0.1, -0.05) is 0 Å². The van der Waals surface area contributed by atoms with Crippen LogP contribution in [0.2, 0.25) is 0 Å². The van der Waals surface area contributed by atoms with Crippen LogP contribution in [0.25, 0.3) is 0 Å². The molecule has 0 bridgehead atoms. The Balaban J connectivity index is 1.76. The molecule has 7 heteroatoms. The minimum atomic E-state index is -0.678. The first-order valence-electron chi connectivity index (χ1n) is 7.35. The lowest BCUT2D eigenvalue weighted by Crippen LogP contribution is -2.31. The highest BCUT2D eigenvalue weighted by Crippen LogP contribution is 2.20. The predicted octanol–water partition coefficient (Wildman–Crippen LogP) is 1.41. The molecule has 6 nitrogen and oxygen atoms in total. The second-order valence-electron chi connectivity index (χ2n) is 5.25. The molecular weight excluding hydrogens is 301 g/mol. The molecule has 1 aromatic carbocycles. The van der Waals surface area contributed by atoms with E-state index in [9.17, 15) is 9.50 Å². The summed E-state index contributed by atoms with van der Waals surface area (Å²) >= 11 is 0. The van der Waals surface area contributed by atoms with Crippen molar-refractivity contribution in [1.29, 1.82) is 0 Å². The number of methoxy groups -OCH3 is 1. The first-order valence-corrected chi connectivity index (χ1v) is 7.35. The minimum Gasteiger partial charge on any atom is -0.491 e. The van der Waals surface area contributed by atoms with Crippen LogP contribution in [0.1, 0.15) is 11.3 Å². The molecule has 0 aliphatic rings. The van der Waals surface area contributed by atoms with Gasteiger partial charge in [-0.25, -0.2) is 9.07 Å². The zero-order valence-corrected chi connectivity index (χ0v) is 13.5. The van der Waals surface area contributed by atoms with Gasteiger partial charge in [-0.2, -0.15) is 5.10 Å². The molecule has 0 unspecified atom stereocenters. The Morgan fingerprint density at radius 3 is 2.70 bits per heavy atom. The van der Waals surface area contributed by atoms with Gasteiger partial charge in [0.25, 0.3) is 0 Å². The van der Waals surface area contributed by atoms with E-state index < -0.39 is 6.10 Å². The van der Waals surface area contributed by atoms with Crippen LogP contribution in [-0.4, -0.2) is 41.3 Å². The van der Waals surface area contributed by atoms with Gasteiger partial charge in [0.1, 0.15) is 24.3 Å². The van der Waals surface area contributed by atoms with Crippen molar-refractivity contribution in [3.8, 4) is 11.6 Å². The van der Waals surface area contributed by atoms with Crippen molar-refractivity contribution in [2.75, 3.05) is 20.3 Å². The van der Waals surface area contributed by atoms with Crippen molar-refractivity contribution in [2.45, 2.75) is 19.6 Å². The zero-order chi connectivity index (χ0) is 16.8. The van der Waals surface area contributed by atoms with Crippen LogP contribution in [0.3, 0.4) is 0 Å². The van der Waals surface area contributed by atoms with Crippen LogP contribution in [0.5, 0.6) is 11.6 Å². The molecule has 1 atom stereocenters. The molecular formula is C16H22FN3O3. The van der Waals surface area contributed by atoms with Crippen molar-refractivity contribution in [1.82, 2.24) is 15.1 Å². The molecule has 0 amide bonds. The lowest BCUT2D eigenvalue weighted by Gasteiger charge is -2.13. The standard InChI is InChI=1S/C16H22FN3O3/c1-11-15(16(22-3)20(2)19-11)9-18-8-13(21)10-23-14-6-4-12(17)5-7-14/h4-7,13,18,21H,8-10H2,1-3H3/t13-/m1/s1. The summed E-state index contributed by atoms with van der Waals surface area (Å²) in [6.45, 7) is 2.94. The highest BCUT2D eigenvalue weighted by Gasteiger charge is 2.14. The maximum atomic E-state index is 12.8. The number of halogens is 1. The fourth-order valence-corrected chi connectivity index (χ4v) is 2.29. The van der Waals surface area contributed by atoms with E-state index in [1.807, 2.05) is 14.0 Å². The third-order valence-corrected chi connectivity index (χ3v) is 3.42. The van der Waals surface area contributed by atoms with E-state index in [4.69, 9.17) is 9.47 Å². The number of ether oxygens (including phenoxy) is 2. The predicted molar refractivity (Wildman–Crippen MR) is 84.1 cm³/mol. The Morgan fingerprint density at radius 1 is 1.35 bits per heavy atom. The molecule has 2 N–H and O–H groups in total. The van der Waals surface area contributed by atoms with Gasteiger partial charge in [0.2, 0.25) is 5.88 Å². The van der Waals surface area contributed by atoms with Gasteiger partial charge in [-0.3, -0.25) is 0 Å². The van der Waals surface area contributed by atoms with Gasteiger partial charge in [0, 0.05) is 20.1 Å². The van der Waals surface area contributed by atoms with Crippen molar-refractivity contribution in [3.63, 3.8) is 0 Å². The van der Waals surface area contributed by atoms with E-state index in [0.29, 0.717) is 24.7 Å². The summed E-state index contributed by atoms with van der Waals surface area (Å²) < 4.78 is 25.2. The number of aliphatic hydroxyl groups is 1. The molecule has 126 valence electrons. The molecule has 2 rings (SSSR count). The van der Waals surface area contributed by atoms with Crippen LogP contribution in [0.15, 0.2) is 24.3 Å². The van der Waals surface area contributed by atoms with Gasteiger partial charge in [-0.05, 0) is 31.2 Å². The molecule has 0 fully saturated rings. The molecule has 0 aliphatic heterocycles. The topological polar surface area (TPSA) is 68.5 Å². The summed E-state index contributed by atoms with van der Waals surface area (Å²) in [4.78, 5) is 0. The van der Waals surface area contributed by atoms with Crippen molar-refractivity contribution in [3.05, 3.63) is 41.3 Å². The number of hydrogen-bond acceptors (Lipinski definition) is 5. The number of aryl methyl sites for hydroxylation is 2. The number of nitrogens with one attached hydrogen (secondary N) is 1. The van der Waals surface area contributed by atoms with E-state index in [1.165, 1.54) is 24.3 Å². The average molecular weight is 323 g/mol. The van der Waals surface area contributed by atoms with E-state index in [2.05, 4.69) is 10.4 Å². The van der Waals surface area contributed by atoms with Crippen LogP contribution in [0, 0.1) is 12.7 Å². The van der Waals surface area contributed by atoms with E-state index >= 15 is 0 Å². The van der Waals surface area contributed by atoms with Crippen LogP contribution < -0.4 is 14.8 Å². The number of aliphatic hydroxyl groups excluding tert-OH is 1. The number of nitrogens with zero attached hydrogens (tertiary/aromatic N) is 2. The summed E-state index contributed by atoms with van der Waals surface area (Å²) in [7, 11) is 3.42. The number of benzene rings is 1. The Bertz CT molecular complexity index is 628. The first kappa shape index (κ1) is 17.2. The van der Waals surface area contributed by atoms with Crippen molar-refractivity contribution >= 4 is 0 Å². The SMILES string of the molecule is COc1c(CNC[C@@H](O)COc2ccc(F)cc2)c(C)nn1C. The molecule has 0 saturated carbocycles. The summed E-state index contributed by atoms with van der Waals surface area (Å²) in [5.74, 6) is 0.905. The largest absolute Gasteiger partial charge is 0.491 e. The third kappa shape index (κ3) is 4.67. The van der Waals surface area contributed by atoms with Crippen molar-refractivity contribution in [2.24, 2.45) is 7.05 Å². The smallest absolute Gasteiger partial charge is 0.216 e. The normalized spacial score (nSPS) is 12.2. The lowest BCUT2D eigenvalue weighted by atomic mass is 10.2. The molecule has 2 aromatic rings. The summed E-state index contributed by atoms with van der Waals surface area (Å²) in [6, 6.07) is 5.69. The maximum Gasteiger partial charge on any atom is 0.216 e. The van der Waals surface area contributed by atoms with Gasteiger partial charge in [0.15, 0.2) is 0 Å². The van der Waals surface area contributed by atoms with E-state index in [-0.39, 0.29) is 12.4 Å². The summed E-state index contributed by atoms with van der Waals surface area (Å²) in [5, 5.41) is 17.4. The highest BCUT2D eigenvalue weighted by atomic mass is 19.1. The zero-order valence-electron chi connectivity index (χ0n) is 13.5. The fourth-order valence-electron chi connectivity index (χ4n) is 2.29. The molecule has 0 aliphatic carbocycles. The van der Waals surface area contributed by atoms with Crippen LogP contribution >= 0.6 is 0 Å². The van der Waals surface area contributed by atoms with Gasteiger partial charge >= 0.3 is 0 Å². The number of rotatable bonds is 8. The Hall–Kier alpha value is -2.12. The molecule has 1 aromatic heterocycles. The Labute approximate surface area is 134 Å². The summed E-state index contributed by atoms with van der Waals surface area (Å²) in [6.07, 6.45) is -0.678. The molecule has 0 spiro atoms. The maximum absolute atomic E-state index is 12.8. The highest BCUT2D eigenvalue weighted by molar-refractivity contribution is 5.30. The van der Waals surface area contributed by atoms with E-state index in [1.54, 1.807) is 11.8 Å². The second-order valence-corrected chi connectivity index (χ2v) is 5.25. The molecule has 1 heterocycles. The number of hydrogen-bond donors (Lipinski definition) is 2. The average Bonchev–Trinajstić information content (AvgIpc) is 2.80. The lowest BCUT2D eigenvalue weighted by molar-refractivity contribution is 0.106. The summed E-state index contributed by atoms with van der Waals surface area (Å²) in [5.41, 5.74) is 1.84. The second kappa shape index (κ2) is 7.94. The van der Waals surface area contributed by atoms with Gasteiger partial charge in [0.05, 0.1) is 18.4 Å². The fraction of sp³-hybridized carbons (Fsp3) is 0.438. The van der Waals surface area contributed by atoms with Crippen molar-refractivity contribution < 1.29 is 19.0 Å². The van der Waals surface area contributed by atoms with Crippen LogP contribution in [-0.2, 0) is 13.6 Å². The first-order chi connectivity index (χ1) is 11.0. The molecule has 0 radical (unpaired) electrons. The van der Waals surface area contributed by atoms with Crippen LogP contribution in [0.4, 0.5) is 4.39 Å². The molecule has 23 heavy (non-hydrogen) atoms. The van der Waals surface area contributed by atoms with E-state index in [0.717, 1.165) is 11.3 Å².